The third kappa shape index (κ3) is 6.30. The average molecular weight is 474 g/mol. The molecule has 3 rings (SSSR count). The van der Waals surface area contributed by atoms with E-state index in [2.05, 4.69) is 10.0 Å². The number of nitrogens with zero attached hydrogens (tertiary/aromatic N) is 1. The van der Waals surface area contributed by atoms with Crippen LogP contribution in [0.4, 0.5) is 5.69 Å². The van der Waals surface area contributed by atoms with E-state index in [0.29, 0.717) is 12.1 Å². The lowest BCUT2D eigenvalue weighted by molar-refractivity contribution is -0.129. The minimum absolute atomic E-state index is 0.0673. The Balaban J connectivity index is 1.87. The van der Waals surface area contributed by atoms with Crippen molar-refractivity contribution in [3.05, 3.63) is 64.5 Å². The van der Waals surface area contributed by atoms with Gasteiger partial charge in [0.15, 0.2) is 0 Å². The van der Waals surface area contributed by atoms with Gasteiger partial charge in [-0.2, -0.15) is 0 Å². The smallest absolute Gasteiger partial charge is 0.225 e. The first kappa shape index (κ1) is 23.7. The maximum atomic E-state index is 12.7. The number of hydrogen-bond donors (Lipinski definition) is 3. The largest absolute Gasteiger partial charge is 0.497 e. The molecular weight excluding hydrogens is 446 g/mol. The number of carbonyl (C=O) groups is 1. The SMILES string of the molecule is COc1cccc(-c2csc([C@H](Cc3ccc(N[SH](=O)=O)cc3)NC(=O)C(C)(C)C)n2)c1. The summed E-state index contributed by atoms with van der Waals surface area (Å²) in [5, 5.41) is 5.89. The van der Waals surface area contributed by atoms with Crippen LogP contribution in [-0.2, 0) is 22.1 Å². The van der Waals surface area contributed by atoms with Gasteiger partial charge in [-0.25, -0.2) is 13.4 Å². The van der Waals surface area contributed by atoms with Crippen LogP contribution in [0.25, 0.3) is 11.3 Å². The molecule has 2 aromatic carbocycles. The predicted molar refractivity (Wildman–Crippen MR) is 129 cm³/mol. The summed E-state index contributed by atoms with van der Waals surface area (Å²) in [6.45, 7) is 5.61. The van der Waals surface area contributed by atoms with Gasteiger partial charge >= 0.3 is 0 Å². The van der Waals surface area contributed by atoms with E-state index in [9.17, 15) is 13.2 Å². The van der Waals surface area contributed by atoms with E-state index in [1.807, 2.05) is 62.5 Å². The summed E-state index contributed by atoms with van der Waals surface area (Å²) in [5.41, 5.74) is 2.66. The van der Waals surface area contributed by atoms with Crippen LogP contribution >= 0.6 is 11.3 Å². The summed E-state index contributed by atoms with van der Waals surface area (Å²) in [6, 6.07) is 14.5. The van der Waals surface area contributed by atoms with Crippen molar-refractivity contribution in [3.63, 3.8) is 0 Å². The number of benzene rings is 2. The first-order valence-electron chi connectivity index (χ1n) is 10.1. The van der Waals surface area contributed by atoms with Gasteiger partial charge < -0.3 is 10.1 Å². The fraction of sp³-hybridized carbons (Fsp3) is 0.304. The molecule has 3 aromatic rings. The summed E-state index contributed by atoms with van der Waals surface area (Å²) in [5.74, 6) is 0.686. The minimum atomic E-state index is -2.71. The van der Waals surface area contributed by atoms with Crippen molar-refractivity contribution in [1.82, 2.24) is 10.3 Å². The summed E-state index contributed by atoms with van der Waals surface area (Å²) in [4.78, 5) is 17.5. The second-order valence-corrected chi connectivity index (χ2v) is 9.98. The third-order valence-corrected chi connectivity index (χ3v) is 6.19. The summed E-state index contributed by atoms with van der Waals surface area (Å²) in [7, 11) is -1.09. The van der Waals surface area contributed by atoms with Gasteiger partial charge in [0.2, 0.25) is 16.8 Å². The van der Waals surface area contributed by atoms with Gasteiger partial charge in [-0.3, -0.25) is 9.52 Å². The lowest BCUT2D eigenvalue weighted by Gasteiger charge is -2.23. The number of hydrogen-bond acceptors (Lipinski definition) is 6. The van der Waals surface area contributed by atoms with Crippen LogP contribution in [0.2, 0.25) is 0 Å². The Bertz CT molecular complexity index is 1140. The molecule has 1 aromatic heterocycles. The van der Waals surface area contributed by atoms with Gasteiger partial charge in [-0.05, 0) is 36.2 Å². The van der Waals surface area contributed by atoms with Crippen molar-refractivity contribution in [3.8, 4) is 17.0 Å². The standard InChI is InChI=1S/C23H27N3O4S2/c1-23(2,3)22(27)25-19(12-15-8-10-17(11-9-15)26-32(28)29)21-24-20(14-31-21)16-6-5-7-18(13-16)30-4/h5-11,13-14,19,32H,12H2,1-4H3,(H,25,27)(H,26,28,29)/t19-/m0/s1. The number of rotatable bonds is 8. The van der Waals surface area contributed by atoms with Crippen molar-refractivity contribution < 1.29 is 17.9 Å². The zero-order valence-corrected chi connectivity index (χ0v) is 20.1. The molecule has 32 heavy (non-hydrogen) atoms. The maximum absolute atomic E-state index is 12.7. The highest BCUT2D eigenvalue weighted by atomic mass is 32.2. The molecule has 0 spiro atoms. The van der Waals surface area contributed by atoms with E-state index in [1.54, 1.807) is 19.2 Å². The molecule has 1 amide bonds. The van der Waals surface area contributed by atoms with E-state index in [1.165, 1.54) is 11.3 Å². The van der Waals surface area contributed by atoms with E-state index in [0.717, 1.165) is 27.6 Å². The molecule has 2 N–H and O–H groups in total. The van der Waals surface area contributed by atoms with Gasteiger partial charge in [0.05, 0.1) is 18.8 Å². The number of anilines is 1. The van der Waals surface area contributed by atoms with Crippen LogP contribution < -0.4 is 14.8 Å². The van der Waals surface area contributed by atoms with Crippen LogP contribution in [-0.4, -0.2) is 26.4 Å². The van der Waals surface area contributed by atoms with Crippen LogP contribution in [0, 0.1) is 5.41 Å². The molecule has 0 unspecified atom stereocenters. The highest BCUT2D eigenvalue weighted by molar-refractivity contribution is 7.73. The third-order valence-electron chi connectivity index (χ3n) is 4.79. The second kappa shape index (κ2) is 10.1. The first-order chi connectivity index (χ1) is 15.2. The zero-order valence-electron chi connectivity index (χ0n) is 18.4. The molecule has 0 aliphatic heterocycles. The number of ether oxygens (including phenoxy) is 1. The molecule has 1 heterocycles. The van der Waals surface area contributed by atoms with Crippen LogP contribution in [0.3, 0.4) is 0 Å². The normalized spacial score (nSPS) is 12.4. The summed E-state index contributed by atoms with van der Waals surface area (Å²) >= 11 is 1.49. The molecule has 7 nitrogen and oxygen atoms in total. The molecule has 0 fully saturated rings. The summed E-state index contributed by atoms with van der Waals surface area (Å²) in [6.07, 6.45) is 0.524. The fourth-order valence-electron chi connectivity index (χ4n) is 2.99. The van der Waals surface area contributed by atoms with Crippen molar-refractivity contribution in [2.24, 2.45) is 5.41 Å². The number of methoxy groups -OCH3 is 1. The molecule has 0 saturated carbocycles. The van der Waals surface area contributed by atoms with Gasteiger partial charge in [0, 0.05) is 22.0 Å². The molecule has 0 bridgehead atoms. The van der Waals surface area contributed by atoms with Crippen LogP contribution in [0.15, 0.2) is 53.9 Å². The van der Waals surface area contributed by atoms with E-state index < -0.39 is 16.3 Å². The van der Waals surface area contributed by atoms with E-state index >= 15 is 0 Å². The number of nitrogens with one attached hydrogen (secondary N) is 2. The van der Waals surface area contributed by atoms with Gasteiger partial charge in [-0.15, -0.1) is 11.3 Å². The molecule has 0 aliphatic carbocycles. The first-order valence-corrected chi connectivity index (χ1v) is 12.1. The fourth-order valence-corrected chi connectivity index (χ4v) is 4.23. The van der Waals surface area contributed by atoms with Gasteiger partial charge in [0.1, 0.15) is 10.8 Å². The Morgan fingerprint density at radius 3 is 2.50 bits per heavy atom. The molecule has 0 aliphatic rings. The van der Waals surface area contributed by atoms with Gasteiger partial charge in [0.25, 0.3) is 0 Å². The minimum Gasteiger partial charge on any atom is -0.497 e. The molecule has 0 radical (unpaired) electrons. The van der Waals surface area contributed by atoms with Gasteiger partial charge in [-0.1, -0.05) is 45.0 Å². The molecule has 170 valence electrons. The Morgan fingerprint density at radius 1 is 1.16 bits per heavy atom. The lowest BCUT2D eigenvalue weighted by atomic mass is 9.94. The van der Waals surface area contributed by atoms with Crippen molar-refractivity contribution in [2.45, 2.75) is 33.2 Å². The van der Waals surface area contributed by atoms with Crippen LogP contribution in [0.5, 0.6) is 5.75 Å². The maximum Gasteiger partial charge on any atom is 0.225 e. The Hall–Kier alpha value is -2.91. The number of thiazole rings is 1. The number of carbonyl (C=O) groups excluding carboxylic acids is 1. The Labute approximate surface area is 193 Å². The van der Waals surface area contributed by atoms with Crippen molar-refractivity contribution >= 4 is 33.8 Å². The summed E-state index contributed by atoms with van der Waals surface area (Å²) < 4.78 is 29.4. The number of amides is 1. The monoisotopic (exact) mass is 473 g/mol. The van der Waals surface area contributed by atoms with Crippen molar-refractivity contribution in [2.75, 3.05) is 11.8 Å². The topological polar surface area (TPSA) is 97.4 Å². The van der Waals surface area contributed by atoms with E-state index in [4.69, 9.17) is 9.72 Å². The molecular formula is C23H27N3O4S2. The second-order valence-electron chi connectivity index (χ2n) is 8.35. The molecule has 0 saturated heterocycles. The quantitative estimate of drug-likeness (QED) is 0.426. The predicted octanol–water partition coefficient (Wildman–Crippen LogP) is 4.20. The van der Waals surface area contributed by atoms with Crippen molar-refractivity contribution in [1.29, 1.82) is 0 Å². The Kier molecular flexibility index (Phi) is 7.52. The molecule has 1 atom stereocenters. The van der Waals surface area contributed by atoms with E-state index in [-0.39, 0.29) is 11.9 Å². The average Bonchev–Trinajstić information content (AvgIpc) is 3.24. The number of aromatic nitrogens is 1. The Morgan fingerprint density at radius 2 is 1.88 bits per heavy atom. The molecule has 9 heteroatoms. The zero-order chi connectivity index (χ0) is 23.3. The highest BCUT2D eigenvalue weighted by Gasteiger charge is 2.26. The lowest BCUT2D eigenvalue weighted by Crippen LogP contribution is -2.38. The van der Waals surface area contributed by atoms with Crippen LogP contribution in [0.1, 0.15) is 37.4 Å². The highest BCUT2D eigenvalue weighted by Crippen LogP contribution is 2.30. The number of thiol groups is 1.